The van der Waals surface area contributed by atoms with E-state index >= 15 is 0 Å². The number of ether oxygens (including phenoxy) is 2. The van der Waals surface area contributed by atoms with Crippen molar-refractivity contribution in [2.45, 2.75) is 0 Å². The first-order chi connectivity index (χ1) is 10.0. The summed E-state index contributed by atoms with van der Waals surface area (Å²) in [5, 5.41) is 10.9. The van der Waals surface area contributed by atoms with Crippen LogP contribution in [0.1, 0.15) is 10.4 Å². The van der Waals surface area contributed by atoms with Crippen molar-refractivity contribution >= 4 is 12.0 Å². The van der Waals surface area contributed by atoms with Crippen LogP contribution in [0, 0.1) is 15.9 Å². The van der Waals surface area contributed by atoms with Gasteiger partial charge in [-0.25, -0.2) is 4.39 Å². The number of nitrogens with zero attached hydrogens (tertiary/aromatic N) is 1. The number of nitro benzene ring substituents is 1. The number of carbonyl (C=O) groups is 1. The van der Waals surface area contributed by atoms with E-state index in [0.717, 1.165) is 6.07 Å². The smallest absolute Gasteiger partial charge is 0.311 e. The van der Waals surface area contributed by atoms with Gasteiger partial charge in [0, 0.05) is 17.7 Å². The molecule has 0 spiro atoms. The Morgan fingerprint density at radius 1 is 1.19 bits per heavy atom. The number of carbonyl (C=O) groups excluding carboxylic acids is 1. The molecule has 0 saturated carbocycles. The number of rotatable bonds is 5. The van der Waals surface area contributed by atoms with Gasteiger partial charge < -0.3 is 9.47 Å². The highest BCUT2D eigenvalue weighted by Gasteiger charge is 2.18. The number of hydrogen-bond donors (Lipinski definition) is 0. The summed E-state index contributed by atoms with van der Waals surface area (Å²) in [4.78, 5) is 20.8. The molecular weight excluding hydrogens is 281 g/mol. The summed E-state index contributed by atoms with van der Waals surface area (Å²) in [7, 11) is 1.39. The van der Waals surface area contributed by atoms with E-state index in [4.69, 9.17) is 9.47 Å². The standard InChI is InChI=1S/C14H10FNO5/c1-20-10-3-4-12(16(18)19)14(7-10)21-13-5-2-9(8-17)6-11(13)15/h2-8H,1H3. The van der Waals surface area contributed by atoms with Crippen molar-refractivity contribution in [2.24, 2.45) is 0 Å². The molecule has 108 valence electrons. The van der Waals surface area contributed by atoms with Crippen molar-refractivity contribution in [3.63, 3.8) is 0 Å². The number of hydrogen-bond acceptors (Lipinski definition) is 5. The summed E-state index contributed by atoms with van der Waals surface area (Å²) >= 11 is 0. The minimum absolute atomic E-state index is 0.139. The second kappa shape index (κ2) is 6.00. The summed E-state index contributed by atoms with van der Waals surface area (Å²) in [5.74, 6) is -0.841. The van der Waals surface area contributed by atoms with Crippen molar-refractivity contribution < 1.29 is 23.6 Å². The molecule has 0 aromatic heterocycles. The lowest BCUT2D eigenvalue weighted by molar-refractivity contribution is -0.385. The molecule has 7 heteroatoms. The molecule has 0 atom stereocenters. The first-order valence-electron chi connectivity index (χ1n) is 5.80. The monoisotopic (exact) mass is 291 g/mol. The van der Waals surface area contributed by atoms with Crippen molar-refractivity contribution in [2.75, 3.05) is 7.11 Å². The molecule has 0 fully saturated rings. The Kier molecular flexibility index (Phi) is 4.13. The highest BCUT2D eigenvalue weighted by molar-refractivity contribution is 5.75. The SMILES string of the molecule is COc1ccc([N+](=O)[O-])c(Oc2ccc(C=O)cc2F)c1. The number of benzene rings is 2. The number of methoxy groups -OCH3 is 1. The van der Waals surface area contributed by atoms with Crippen LogP contribution in [-0.2, 0) is 0 Å². The minimum Gasteiger partial charge on any atom is -0.497 e. The van der Waals surface area contributed by atoms with Gasteiger partial charge in [0.1, 0.15) is 12.0 Å². The summed E-state index contributed by atoms with van der Waals surface area (Å²) in [6, 6.07) is 7.43. The molecule has 0 aliphatic heterocycles. The molecular formula is C14H10FNO5. The maximum atomic E-state index is 13.8. The molecule has 0 aliphatic rings. The van der Waals surface area contributed by atoms with E-state index in [1.54, 1.807) is 0 Å². The first-order valence-corrected chi connectivity index (χ1v) is 5.80. The Morgan fingerprint density at radius 2 is 1.95 bits per heavy atom. The van der Waals surface area contributed by atoms with Crippen LogP contribution in [0.5, 0.6) is 17.2 Å². The third kappa shape index (κ3) is 3.14. The quantitative estimate of drug-likeness (QED) is 0.479. The molecule has 0 saturated heterocycles. The van der Waals surface area contributed by atoms with Crippen molar-refractivity contribution in [3.05, 3.63) is 57.9 Å². The van der Waals surface area contributed by atoms with Crippen LogP contribution in [0.4, 0.5) is 10.1 Å². The maximum Gasteiger partial charge on any atom is 0.311 e. The van der Waals surface area contributed by atoms with Gasteiger partial charge in [0.05, 0.1) is 12.0 Å². The van der Waals surface area contributed by atoms with E-state index in [9.17, 15) is 19.3 Å². The average Bonchev–Trinajstić information content (AvgIpc) is 2.48. The van der Waals surface area contributed by atoms with Crippen LogP contribution in [0.3, 0.4) is 0 Å². The zero-order chi connectivity index (χ0) is 15.4. The molecule has 0 heterocycles. The Bertz CT molecular complexity index is 702. The fourth-order valence-corrected chi connectivity index (χ4v) is 1.65. The third-order valence-electron chi connectivity index (χ3n) is 2.68. The van der Waals surface area contributed by atoms with Gasteiger partial charge in [0.25, 0.3) is 0 Å². The molecule has 0 unspecified atom stereocenters. The van der Waals surface area contributed by atoms with E-state index in [-0.39, 0.29) is 22.7 Å². The molecule has 0 bridgehead atoms. The van der Waals surface area contributed by atoms with E-state index in [1.807, 2.05) is 0 Å². The van der Waals surface area contributed by atoms with Gasteiger partial charge in [-0.15, -0.1) is 0 Å². The van der Waals surface area contributed by atoms with Gasteiger partial charge >= 0.3 is 5.69 Å². The van der Waals surface area contributed by atoms with Crippen LogP contribution < -0.4 is 9.47 Å². The fourth-order valence-electron chi connectivity index (χ4n) is 1.65. The van der Waals surface area contributed by atoms with Gasteiger partial charge in [-0.1, -0.05) is 0 Å². The Balaban J connectivity index is 2.42. The predicted molar refractivity (Wildman–Crippen MR) is 71.5 cm³/mol. The van der Waals surface area contributed by atoms with E-state index in [0.29, 0.717) is 12.0 Å². The van der Waals surface area contributed by atoms with Gasteiger partial charge in [0.2, 0.25) is 5.75 Å². The molecule has 6 nitrogen and oxygen atoms in total. The highest BCUT2D eigenvalue weighted by Crippen LogP contribution is 2.35. The minimum atomic E-state index is -0.795. The van der Waals surface area contributed by atoms with E-state index in [1.165, 1.54) is 37.4 Å². The molecule has 0 N–H and O–H groups in total. The topological polar surface area (TPSA) is 78.7 Å². The summed E-state index contributed by atoms with van der Waals surface area (Å²) in [6.45, 7) is 0. The van der Waals surface area contributed by atoms with Crippen LogP contribution in [-0.4, -0.2) is 18.3 Å². The Hall–Kier alpha value is -2.96. The number of aldehydes is 1. The predicted octanol–water partition coefficient (Wildman–Crippen LogP) is 3.35. The van der Waals surface area contributed by atoms with E-state index in [2.05, 4.69) is 0 Å². The number of halogens is 1. The van der Waals surface area contributed by atoms with Crippen LogP contribution in [0.2, 0.25) is 0 Å². The molecule has 2 rings (SSSR count). The third-order valence-corrected chi connectivity index (χ3v) is 2.68. The van der Waals surface area contributed by atoms with Gasteiger partial charge in [-0.2, -0.15) is 0 Å². The van der Waals surface area contributed by atoms with Gasteiger partial charge in [-0.3, -0.25) is 14.9 Å². The lowest BCUT2D eigenvalue weighted by Gasteiger charge is -2.09. The molecule has 0 aliphatic carbocycles. The van der Waals surface area contributed by atoms with Gasteiger partial charge in [0.15, 0.2) is 11.6 Å². The van der Waals surface area contributed by atoms with Crippen LogP contribution in [0.25, 0.3) is 0 Å². The molecule has 21 heavy (non-hydrogen) atoms. The second-order valence-corrected chi connectivity index (χ2v) is 4.00. The van der Waals surface area contributed by atoms with Crippen LogP contribution in [0.15, 0.2) is 36.4 Å². The van der Waals surface area contributed by atoms with Crippen molar-refractivity contribution in [1.82, 2.24) is 0 Å². The van der Waals surface area contributed by atoms with Gasteiger partial charge in [-0.05, 0) is 24.3 Å². The molecule has 2 aromatic carbocycles. The Labute approximate surface area is 118 Å². The molecule has 2 aromatic rings. The maximum absolute atomic E-state index is 13.8. The lowest BCUT2D eigenvalue weighted by atomic mass is 10.2. The Morgan fingerprint density at radius 3 is 2.52 bits per heavy atom. The fraction of sp³-hybridized carbons (Fsp3) is 0.0714. The van der Waals surface area contributed by atoms with Crippen LogP contribution >= 0.6 is 0 Å². The molecule has 0 radical (unpaired) electrons. The molecule has 0 amide bonds. The largest absolute Gasteiger partial charge is 0.497 e. The lowest BCUT2D eigenvalue weighted by Crippen LogP contribution is -1.96. The zero-order valence-electron chi connectivity index (χ0n) is 10.9. The summed E-state index contributed by atoms with van der Waals surface area (Å²) in [6.07, 6.45) is 0.487. The summed E-state index contributed by atoms with van der Waals surface area (Å²) in [5.41, 5.74) is -0.186. The zero-order valence-corrected chi connectivity index (χ0v) is 10.9. The van der Waals surface area contributed by atoms with E-state index < -0.39 is 10.7 Å². The normalized spacial score (nSPS) is 10.0. The van der Waals surface area contributed by atoms with Crippen molar-refractivity contribution in [3.8, 4) is 17.2 Å². The van der Waals surface area contributed by atoms with Crippen molar-refractivity contribution in [1.29, 1.82) is 0 Å². The number of nitro groups is 1. The second-order valence-electron chi connectivity index (χ2n) is 4.00. The first kappa shape index (κ1) is 14.4. The highest BCUT2D eigenvalue weighted by atomic mass is 19.1. The average molecular weight is 291 g/mol. The summed E-state index contributed by atoms with van der Waals surface area (Å²) < 4.78 is 23.9.